The molecule has 0 bridgehead atoms. The summed E-state index contributed by atoms with van der Waals surface area (Å²) in [5, 5.41) is 10.3. The first-order chi connectivity index (χ1) is 27.9. The fourth-order valence-corrected chi connectivity index (χ4v) is 9.85. The van der Waals surface area contributed by atoms with Crippen molar-refractivity contribution in [1.82, 2.24) is 0 Å². The molecule has 11 rings (SSSR count). The van der Waals surface area contributed by atoms with Gasteiger partial charge >= 0.3 is 0 Å². The predicted molar refractivity (Wildman–Crippen MR) is 245 cm³/mol. The van der Waals surface area contributed by atoms with E-state index in [9.17, 15) is 0 Å². The van der Waals surface area contributed by atoms with Gasteiger partial charge in [-0.2, -0.15) is 0 Å². The molecule has 0 heterocycles. The van der Waals surface area contributed by atoms with E-state index in [2.05, 4.69) is 214 Å². The van der Waals surface area contributed by atoms with Crippen molar-refractivity contribution in [2.45, 2.75) is 32.6 Å². The second-order valence-electron chi connectivity index (χ2n) is 16.6. The molecule has 9 aromatic carbocycles. The summed E-state index contributed by atoms with van der Waals surface area (Å²) >= 11 is 0. The maximum Gasteiger partial charge on any atom is 0.0467 e. The number of allylic oxidation sites excluding steroid dienone is 4. The van der Waals surface area contributed by atoms with Crippen LogP contribution in [-0.2, 0) is 5.41 Å². The first-order valence-corrected chi connectivity index (χ1v) is 20.3. The van der Waals surface area contributed by atoms with Gasteiger partial charge in [0.1, 0.15) is 0 Å². The van der Waals surface area contributed by atoms with E-state index in [4.69, 9.17) is 0 Å². The minimum absolute atomic E-state index is 0.00827. The van der Waals surface area contributed by atoms with Gasteiger partial charge in [0.15, 0.2) is 0 Å². The Morgan fingerprint density at radius 1 is 0.474 bits per heavy atom. The Balaban J connectivity index is 1.01. The summed E-state index contributed by atoms with van der Waals surface area (Å²) < 4.78 is 0. The summed E-state index contributed by atoms with van der Waals surface area (Å²) in [6.45, 7) is 7.10. The Morgan fingerprint density at radius 3 is 1.84 bits per heavy atom. The molecule has 2 aliphatic carbocycles. The lowest BCUT2D eigenvalue weighted by atomic mass is 9.79. The van der Waals surface area contributed by atoms with Gasteiger partial charge in [-0.15, -0.1) is 0 Å². The zero-order valence-corrected chi connectivity index (χ0v) is 32.6. The van der Waals surface area contributed by atoms with Crippen LogP contribution >= 0.6 is 0 Å². The first kappa shape index (κ1) is 33.6. The van der Waals surface area contributed by atoms with Crippen molar-refractivity contribution in [2.24, 2.45) is 5.92 Å². The first-order valence-electron chi connectivity index (χ1n) is 20.3. The lowest BCUT2D eigenvalue weighted by Gasteiger charge is -2.28. The molecule has 9 aromatic rings. The van der Waals surface area contributed by atoms with Crippen LogP contribution in [0.5, 0.6) is 0 Å². The third-order valence-corrected chi connectivity index (χ3v) is 12.8. The number of hydrogen-bond donors (Lipinski definition) is 0. The number of benzene rings is 9. The molecule has 0 N–H and O–H groups in total. The van der Waals surface area contributed by atoms with Crippen LogP contribution in [0.4, 0.5) is 17.1 Å². The Kier molecular flexibility index (Phi) is 7.63. The van der Waals surface area contributed by atoms with E-state index in [1.165, 1.54) is 93.3 Å². The molecule has 0 amide bonds. The molecule has 2 aliphatic rings. The van der Waals surface area contributed by atoms with Gasteiger partial charge in [0, 0.05) is 22.5 Å². The topological polar surface area (TPSA) is 3.24 Å². The van der Waals surface area contributed by atoms with Crippen molar-refractivity contribution in [3.05, 3.63) is 205 Å². The van der Waals surface area contributed by atoms with Gasteiger partial charge in [-0.05, 0) is 142 Å². The van der Waals surface area contributed by atoms with E-state index in [1.807, 2.05) is 0 Å². The van der Waals surface area contributed by atoms with Gasteiger partial charge in [-0.3, -0.25) is 0 Å². The second-order valence-corrected chi connectivity index (χ2v) is 16.6. The third-order valence-electron chi connectivity index (χ3n) is 12.8. The molecule has 0 spiro atoms. The van der Waals surface area contributed by atoms with E-state index in [-0.39, 0.29) is 5.41 Å². The highest BCUT2D eigenvalue weighted by molar-refractivity contribution is 6.20. The maximum atomic E-state index is 2.45. The van der Waals surface area contributed by atoms with E-state index >= 15 is 0 Å². The monoisotopic (exact) mass is 729 g/mol. The van der Waals surface area contributed by atoms with Gasteiger partial charge in [0.2, 0.25) is 0 Å². The largest absolute Gasteiger partial charge is 0.310 e. The fourth-order valence-electron chi connectivity index (χ4n) is 9.85. The molecule has 57 heavy (non-hydrogen) atoms. The van der Waals surface area contributed by atoms with E-state index in [0.29, 0.717) is 5.92 Å². The highest BCUT2D eigenvalue weighted by atomic mass is 15.1. The van der Waals surface area contributed by atoms with Crippen molar-refractivity contribution in [2.75, 3.05) is 4.90 Å². The Bertz CT molecular complexity index is 3120. The van der Waals surface area contributed by atoms with Crippen LogP contribution in [0.3, 0.4) is 0 Å². The number of hydrogen-bond acceptors (Lipinski definition) is 1. The van der Waals surface area contributed by atoms with Crippen LogP contribution in [-0.4, -0.2) is 0 Å². The summed E-state index contributed by atoms with van der Waals surface area (Å²) in [4.78, 5) is 2.43. The van der Waals surface area contributed by atoms with Gasteiger partial charge in [0.05, 0.1) is 0 Å². The quantitative estimate of drug-likeness (QED) is 0.159. The van der Waals surface area contributed by atoms with Crippen molar-refractivity contribution < 1.29 is 0 Å². The van der Waals surface area contributed by atoms with Crippen LogP contribution in [0.2, 0.25) is 0 Å². The Labute approximate surface area is 334 Å². The van der Waals surface area contributed by atoms with Crippen LogP contribution in [0, 0.1) is 5.92 Å². The predicted octanol–water partition coefficient (Wildman–Crippen LogP) is 15.7. The standard InChI is InChI=1S/C56H43N/c1-36-15-31-53-51(33-36)52-35-46(29-32-54(52)56(53,2)3)57(45-27-22-40(23-28-45)48-14-8-11-38-9-4-6-12-47(38)48)44-25-20-37(21-26-44)42-24-30-50-43(34-42)19-18-41-17-16-39-10-5-7-13-49(39)55(41)50/h4-32,34-36H,33H2,1-3H3. The smallest absolute Gasteiger partial charge is 0.0467 e. The zero-order chi connectivity index (χ0) is 38.3. The SMILES string of the molecule is CC1C=CC2=C(C1)c1cc(N(c3ccc(-c4ccc5c(ccc6ccc7ccccc7c65)c4)cc3)c3ccc(-c4cccc5ccccc45)cc3)ccc1C2(C)C. The third kappa shape index (κ3) is 5.45. The zero-order valence-electron chi connectivity index (χ0n) is 32.6. The average Bonchev–Trinajstić information content (AvgIpc) is 3.48. The summed E-state index contributed by atoms with van der Waals surface area (Å²) in [7, 11) is 0. The summed E-state index contributed by atoms with van der Waals surface area (Å²) in [6, 6.07) is 65.4. The van der Waals surface area contributed by atoms with Crippen molar-refractivity contribution in [3.63, 3.8) is 0 Å². The molecule has 1 heteroatoms. The van der Waals surface area contributed by atoms with Gasteiger partial charge in [-0.25, -0.2) is 0 Å². The number of fused-ring (bicyclic) bond motifs is 8. The molecule has 0 radical (unpaired) electrons. The average molecular weight is 730 g/mol. The van der Waals surface area contributed by atoms with Crippen molar-refractivity contribution >= 4 is 65.7 Å². The lowest BCUT2D eigenvalue weighted by molar-refractivity contribution is 0.643. The van der Waals surface area contributed by atoms with Gasteiger partial charge in [0.25, 0.3) is 0 Å². The minimum Gasteiger partial charge on any atom is -0.310 e. The molecule has 272 valence electrons. The van der Waals surface area contributed by atoms with Crippen LogP contribution in [0.25, 0.3) is 70.9 Å². The highest BCUT2D eigenvalue weighted by Gasteiger charge is 2.38. The Morgan fingerprint density at radius 2 is 1.07 bits per heavy atom. The molecule has 0 saturated carbocycles. The van der Waals surface area contributed by atoms with E-state index in [1.54, 1.807) is 0 Å². The number of anilines is 3. The summed E-state index contributed by atoms with van der Waals surface area (Å²) in [5.41, 5.74) is 14.1. The highest BCUT2D eigenvalue weighted by Crippen LogP contribution is 2.52. The molecule has 1 unspecified atom stereocenters. The molecule has 0 aliphatic heterocycles. The second kappa shape index (κ2) is 12.9. The number of nitrogens with zero attached hydrogens (tertiary/aromatic N) is 1. The fraction of sp³-hybridized carbons (Fsp3) is 0.107. The Hall–Kier alpha value is -6.70. The van der Waals surface area contributed by atoms with Crippen molar-refractivity contribution in [1.29, 1.82) is 0 Å². The normalized spacial score (nSPS) is 15.7. The number of rotatable bonds is 5. The maximum absolute atomic E-state index is 2.45. The minimum atomic E-state index is -0.00827. The van der Waals surface area contributed by atoms with Crippen LogP contribution < -0.4 is 4.90 Å². The van der Waals surface area contributed by atoms with Gasteiger partial charge in [-0.1, -0.05) is 166 Å². The summed E-state index contributed by atoms with van der Waals surface area (Å²) in [5.74, 6) is 0.535. The van der Waals surface area contributed by atoms with E-state index < -0.39 is 0 Å². The van der Waals surface area contributed by atoms with Crippen LogP contribution in [0.1, 0.15) is 38.3 Å². The van der Waals surface area contributed by atoms with Crippen LogP contribution in [0.15, 0.2) is 194 Å². The molecular weight excluding hydrogens is 687 g/mol. The lowest BCUT2D eigenvalue weighted by Crippen LogP contribution is -2.17. The summed E-state index contributed by atoms with van der Waals surface area (Å²) in [6.07, 6.45) is 5.86. The van der Waals surface area contributed by atoms with Crippen molar-refractivity contribution in [3.8, 4) is 22.3 Å². The molecular formula is C56H43N. The molecule has 0 fully saturated rings. The molecule has 0 saturated heterocycles. The van der Waals surface area contributed by atoms with Gasteiger partial charge < -0.3 is 4.90 Å². The van der Waals surface area contributed by atoms with E-state index in [0.717, 1.165) is 17.8 Å². The molecule has 0 aromatic heterocycles. The molecule has 1 nitrogen and oxygen atoms in total. The molecule has 1 atom stereocenters.